The Bertz CT molecular complexity index is 968. The van der Waals surface area contributed by atoms with E-state index >= 15 is 0 Å². The molecule has 0 radical (unpaired) electrons. The minimum atomic E-state index is -3.82. The average Bonchev–Trinajstić information content (AvgIpc) is 2.96. The largest absolute Gasteiger partial charge is 0.389 e. The fraction of sp³-hybridized carbons (Fsp3) is 0.444. The highest BCUT2D eigenvalue weighted by molar-refractivity contribution is 7.87. The minimum Gasteiger partial charge on any atom is -0.389 e. The molecule has 152 valence electrons. The number of hydrogen-bond donors (Lipinski definition) is 3. The highest BCUT2D eigenvalue weighted by Gasteiger charge is 2.41. The number of aromatic nitrogens is 2. The molecule has 0 spiro atoms. The lowest BCUT2D eigenvalue weighted by atomic mass is 10.00. The number of anilines is 1. The Morgan fingerprint density at radius 1 is 1.32 bits per heavy atom. The maximum Gasteiger partial charge on any atom is 0.280 e. The quantitative estimate of drug-likeness (QED) is 0.699. The van der Waals surface area contributed by atoms with Crippen LogP contribution in [0.1, 0.15) is 42.3 Å². The molecule has 1 aromatic heterocycles. The number of amides is 1. The summed E-state index contributed by atoms with van der Waals surface area (Å²) in [5, 5.41) is 16.5. The summed E-state index contributed by atoms with van der Waals surface area (Å²) in [6.45, 7) is 3.51. The number of aryl methyl sites for hydroxylation is 1. The van der Waals surface area contributed by atoms with E-state index in [0.29, 0.717) is 5.69 Å². The number of hydrogen-bond acceptors (Lipinski definition) is 5. The van der Waals surface area contributed by atoms with E-state index in [1.165, 1.54) is 7.05 Å². The Balaban J connectivity index is 1.82. The van der Waals surface area contributed by atoms with Gasteiger partial charge in [-0.3, -0.25) is 9.48 Å². The van der Waals surface area contributed by atoms with E-state index in [1.807, 2.05) is 6.92 Å². The summed E-state index contributed by atoms with van der Waals surface area (Å²) in [5.74, 6) is -0.413. The summed E-state index contributed by atoms with van der Waals surface area (Å²) in [7, 11) is -0.653. The Morgan fingerprint density at radius 2 is 1.96 bits per heavy atom. The second-order valence-electron chi connectivity index (χ2n) is 7.04. The van der Waals surface area contributed by atoms with E-state index in [-0.39, 0.29) is 6.42 Å². The van der Waals surface area contributed by atoms with Gasteiger partial charge in [0.2, 0.25) is 5.91 Å². The van der Waals surface area contributed by atoms with Crippen molar-refractivity contribution in [2.24, 2.45) is 7.05 Å². The van der Waals surface area contributed by atoms with E-state index in [0.717, 1.165) is 21.1 Å². The van der Waals surface area contributed by atoms with Crippen LogP contribution in [0.5, 0.6) is 0 Å². The predicted octanol–water partition coefficient (Wildman–Crippen LogP) is 1.00. The number of likely N-dealkylation sites (N-methyl/N-ethyl adjacent to an activating group) is 1. The van der Waals surface area contributed by atoms with Gasteiger partial charge >= 0.3 is 0 Å². The number of nitrogens with one attached hydrogen (secondary N) is 2. The molecule has 1 fully saturated rings. The molecule has 0 saturated carbocycles. The first-order valence-corrected chi connectivity index (χ1v) is 10.4. The molecule has 3 atom stereocenters. The lowest BCUT2D eigenvalue weighted by Gasteiger charge is -2.36. The van der Waals surface area contributed by atoms with E-state index in [2.05, 4.69) is 15.1 Å². The molecule has 1 saturated heterocycles. The number of rotatable bonds is 4. The summed E-state index contributed by atoms with van der Waals surface area (Å²) >= 11 is 0. The number of aliphatic hydroxyl groups excluding tert-OH is 1. The zero-order valence-corrected chi connectivity index (χ0v) is 17.1. The summed E-state index contributed by atoms with van der Waals surface area (Å²) in [4.78, 5) is 12.8. The van der Waals surface area contributed by atoms with Crippen LogP contribution in [0.2, 0.25) is 0 Å². The molecule has 28 heavy (non-hydrogen) atoms. The molecule has 0 aliphatic carbocycles. The zero-order chi connectivity index (χ0) is 20.6. The van der Waals surface area contributed by atoms with Crippen molar-refractivity contribution in [1.29, 1.82) is 0 Å². The predicted molar refractivity (Wildman–Crippen MR) is 105 cm³/mol. The Labute approximate surface area is 164 Å². The van der Waals surface area contributed by atoms with Crippen molar-refractivity contribution in [3.8, 4) is 0 Å². The van der Waals surface area contributed by atoms with Gasteiger partial charge in [0, 0.05) is 31.0 Å². The lowest BCUT2D eigenvalue weighted by molar-refractivity contribution is -0.120. The highest BCUT2D eigenvalue weighted by atomic mass is 32.2. The molecule has 2 aromatic rings. The average molecular weight is 407 g/mol. The van der Waals surface area contributed by atoms with Crippen LogP contribution in [-0.4, -0.2) is 46.6 Å². The highest BCUT2D eigenvalue weighted by Crippen LogP contribution is 2.30. The van der Waals surface area contributed by atoms with Crippen molar-refractivity contribution in [2.45, 2.75) is 38.5 Å². The van der Waals surface area contributed by atoms with Crippen LogP contribution in [0.4, 0.5) is 5.69 Å². The zero-order valence-electron chi connectivity index (χ0n) is 16.2. The topological polar surface area (TPSA) is 117 Å². The fourth-order valence-corrected chi connectivity index (χ4v) is 4.51. The normalized spacial score (nSPS) is 23.3. The Morgan fingerprint density at radius 3 is 2.50 bits per heavy atom. The lowest BCUT2D eigenvalue weighted by Crippen LogP contribution is -2.56. The smallest absolute Gasteiger partial charge is 0.280 e. The molecule has 1 aliphatic heterocycles. The van der Waals surface area contributed by atoms with Crippen molar-refractivity contribution in [3.05, 3.63) is 47.3 Å². The molecule has 0 bridgehead atoms. The third-order valence-corrected chi connectivity index (χ3v) is 6.78. The number of aliphatic hydroxyl groups is 1. The summed E-state index contributed by atoms with van der Waals surface area (Å²) in [6, 6.07) is 5.38. The third kappa shape index (κ3) is 3.95. The van der Waals surface area contributed by atoms with Crippen molar-refractivity contribution in [3.63, 3.8) is 0 Å². The van der Waals surface area contributed by atoms with Crippen LogP contribution in [0.25, 0.3) is 0 Å². The number of nitrogens with zero attached hydrogens (tertiary/aromatic N) is 3. The molecule has 0 unspecified atom stereocenters. The summed E-state index contributed by atoms with van der Waals surface area (Å²) in [6.07, 6.45) is 1.30. The number of carbonyl (C=O) groups excluding carboxylic acids is 1. The first-order valence-electron chi connectivity index (χ1n) is 8.93. The summed E-state index contributed by atoms with van der Waals surface area (Å²) in [5.41, 5.74) is 2.85. The molecule has 1 aliphatic rings. The number of benzene rings is 1. The van der Waals surface area contributed by atoms with Crippen molar-refractivity contribution < 1.29 is 18.3 Å². The SMILES string of the molecule is Cc1c([C@H]2C[C@@H](C(=O)Nc3ccc([C@@H](C)O)cc3)N(C)S(=O)(=O)N2)cnn1C. The maximum absolute atomic E-state index is 12.8. The van der Waals surface area contributed by atoms with E-state index < -0.39 is 34.3 Å². The van der Waals surface area contributed by atoms with Crippen LogP contribution < -0.4 is 10.0 Å². The Hall–Kier alpha value is -2.27. The fourth-order valence-electron chi connectivity index (χ4n) is 3.24. The molecular weight excluding hydrogens is 382 g/mol. The molecule has 3 rings (SSSR count). The summed E-state index contributed by atoms with van der Waals surface area (Å²) < 4.78 is 30.4. The first kappa shape index (κ1) is 20.5. The van der Waals surface area contributed by atoms with E-state index in [4.69, 9.17) is 0 Å². The standard InChI is InChI=1S/C18H25N5O4S/c1-11-15(10-19-22(11)3)16-9-17(23(4)28(26,27)21-16)18(25)20-14-7-5-13(6-8-14)12(2)24/h5-8,10,12,16-17,21,24H,9H2,1-4H3,(H,20,25)/t12-,16-,17+/m1/s1. The second-order valence-corrected chi connectivity index (χ2v) is 8.80. The third-order valence-electron chi connectivity index (χ3n) is 5.18. The molecule has 1 amide bonds. The van der Waals surface area contributed by atoms with Gasteiger partial charge in [0.15, 0.2) is 0 Å². The monoisotopic (exact) mass is 407 g/mol. The van der Waals surface area contributed by atoms with Crippen LogP contribution in [-0.2, 0) is 22.1 Å². The van der Waals surface area contributed by atoms with Crippen molar-refractivity contribution in [2.75, 3.05) is 12.4 Å². The van der Waals surface area contributed by atoms with Crippen LogP contribution in [0, 0.1) is 6.92 Å². The van der Waals surface area contributed by atoms with Gasteiger partial charge in [-0.15, -0.1) is 0 Å². The van der Waals surface area contributed by atoms with Crippen molar-refractivity contribution >= 4 is 21.8 Å². The molecule has 9 nitrogen and oxygen atoms in total. The minimum absolute atomic E-state index is 0.278. The molecule has 2 heterocycles. The molecular formula is C18H25N5O4S. The van der Waals surface area contributed by atoms with E-state index in [9.17, 15) is 18.3 Å². The van der Waals surface area contributed by atoms with Gasteiger partial charge in [0.25, 0.3) is 10.2 Å². The van der Waals surface area contributed by atoms with Gasteiger partial charge in [-0.05, 0) is 38.0 Å². The molecule has 1 aromatic carbocycles. The number of carbonyl (C=O) groups is 1. The van der Waals surface area contributed by atoms with Gasteiger partial charge in [-0.2, -0.15) is 22.5 Å². The Kier molecular flexibility index (Phi) is 5.57. The maximum atomic E-state index is 12.8. The van der Waals surface area contributed by atoms with E-state index in [1.54, 1.807) is 49.1 Å². The van der Waals surface area contributed by atoms with Crippen LogP contribution >= 0.6 is 0 Å². The van der Waals surface area contributed by atoms with Crippen LogP contribution in [0.15, 0.2) is 30.5 Å². The first-order chi connectivity index (χ1) is 13.1. The van der Waals surface area contributed by atoms with Gasteiger partial charge in [-0.25, -0.2) is 0 Å². The van der Waals surface area contributed by atoms with Gasteiger partial charge in [0.1, 0.15) is 6.04 Å². The van der Waals surface area contributed by atoms with Gasteiger partial charge in [0.05, 0.1) is 18.3 Å². The van der Waals surface area contributed by atoms with Crippen LogP contribution in [0.3, 0.4) is 0 Å². The van der Waals surface area contributed by atoms with Gasteiger partial charge < -0.3 is 10.4 Å². The van der Waals surface area contributed by atoms with Crippen molar-refractivity contribution in [1.82, 2.24) is 18.8 Å². The van der Waals surface area contributed by atoms with Gasteiger partial charge in [-0.1, -0.05) is 12.1 Å². The molecule has 3 N–H and O–H groups in total. The molecule has 10 heteroatoms. The second kappa shape index (κ2) is 7.63.